The zero-order valence-electron chi connectivity index (χ0n) is 16.1. The summed E-state index contributed by atoms with van der Waals surface area (Å²) < 4.78 is 11.6. The number of piperidine rings is 1. The van der Waals surface area contributed by atoms with Crippen LogP contribution in [0.2, 0.25) is 0 Å². The number of likely N-dealkylation sites (tertiary alicyclic amines) is 1. The Balaban J connectivity index is 1.23. The number of rotatable bonds is 4. The second-order valence-electron chi connectivity index (χ2n) is 9.15. The molecule has 0 N–H and O–H groups in total. The number of nitrogens with zero attached hydrogens (tertiary/aromatic N) is 3. The van der Waals surface area contributed by atoms with Crippen molar-refractivity contribution >= 4 is 5.91 Å². The van der Waals surface area contributed by atoms with Crippen molar-refractivity contribution in [2.75, 3.05) is 13.1 Å². The molecule has 3 aliphatic heterocycles. The maximum atomic E-state index is 12.4. The van der Waals surface area contributed by atoms with Crippen LogP contribution in [0.5, 0.6) is 0 Å². The Labute approximate surface area is 161 Å². The van der Waals surface area contributed by atoms with Gasteiger partial charge in [-0.05, 0) is 50.9 Å². The van der Waals surface area contributed by atoms with Crippen molar-refractivity contribution in [3.8, 4) is 0 Å². The Morgan fingerprint density at radius 3 is 2.52 bits per heavy atom. The first kappa shape index (κ1) is 17.7. The van der Waals surface area contributed by atoms with E-state index in [0.717, 1.165) is 44.1 Å². The molecule has 0 radical (unpaired) electrons. The van der Waals surface area contributed by atoms with Crippen LogP contribution < -0.4 is 0 Å². The van der Waals surface area contributed by atoms with Crippen molar-refractivity contribution in [2.45, 2.75) is 94.7 Å². The molecule has 4 aliphatic rings. The van der Waals surface area contributed by atoms with Crippen LogP contribution in [-0.4, -0.2) is 46.2 Å². The summed E-state index contributed by atoms with van der Waals surface area (Å²) in [5, 5.41) is 4.33. The van der Waals surface area contributed by atoms with E-state index in [-0.39, 0.29) is 5.92 Å². The fourth-order valence-electron chi connectivity index (χ4n) is 5.62. The van der Waals surface area contributed by atoms with Gasteiger partial charge >= 0.3 is 0 Å². The van der Waals surface area contributed by atoms with Crippen molar-refractivity contribution in [3.05, 3.63) is 11.7 Å². The Hall–Kier alpha value is -1.43. The van der Waals surface area contributed by atoms with E-state index in [1.165, 1.54) is 44.9 Å². The topological polar surface area (TPSA) is 68.5 Å². The average Bonchev–Trinajstić information content (AvgIpc) is 3.31. The molecule has 3 saturated heterocycles. The molecule has 4 fully saturated rings. The van der Waals surface area contributed by atoms with E-state index in [9.17, 15) is 4.79 Å². The van der Waals surface area contributed by atoms with E-state index in [1.807, 2.05) is 0 Å². The summed E-state index contributed by atoms with van der Waals surface area (Å²) in [5.74, 6) is 3.16. The molecule has 6 nitrogen and oxygen atoms in total. The summed E-state index contributed by atoms with van der Waals surface area (Å²) in [6, 6.07) is 0. The van der Waals surface area contributed by atoms with Crippen LogP contribution in [0, 0.1) is 5.92 Å². The van der Waals surface area contributed by atoms with Crippen LogP contribution in [0.1, 0.15) is 94.2 Å². The predicted octanol–water partition coefficient (Wildman–Crippen LogP) is 3.78. The second-order valence-corrected chi connectivity index (χ2v) is 9.15. The van der Waals surface area contributed by atoms with Crippen molar-refractivity contribution in [2.24, 2.45) is 5.92 Å². The SMILES string of the molecule is O=C1CCC(c2noc(C3CC4CCC(C3)O4)n2)CN1CC1CCCCC1. The maximum Gasteiger partial charge on any atom is 0.229 e. The minimum Gasteiger partial charge on any atom is -0.375 e. The van der Waals surface area contributed by atoms with Gasteiger partial charge in [-0.3, -0.25) is 4.79 Å². The van der Waals surface area contributed by atoms with Crippen molar-refractivity contribution in [1.82, 2.24) is 15.0 Å². The van der Waals surface area contributed by atoms with Crippen LogP contribution in [0.4, 0.5) is 0 Å². The molecule has 1 aliphatic carbocycles. The minimum atomic E-state index is 0.223. The van der Waals surface area contributed by atoms with Gasteiger partial charge in [0.15, 0.2) is 5.82 Å². The lowest BCUT2D eigenvalue weighted by atomic mass is 9.87. The molecule has 1 amide bonds. The van der Waals surface area contributed by atoms with Gasteiger partial charge in [-0.1, -0.05) is 24.4 Å². The van der Waals surface area contributed by atoms with Crippen LogP contribution >= 0.6 is 0 Å². The number of ether oxygens (including phenoxy) is 1. The van der Waals surface area contributed by atoms with E-state index in [2.05, 4.69) is 10.1 Å². The molecule has 1 aromatic heterocycles. The first-order valence-corrected chi connectivity index (χ1v) is 11.0. The number of carbonyl (C=O) groups is 1. The summed E-state index contributed by atoms with van der Waals surface area (Å²) in [6.07, 6.45) is 13.1. The van der Waals surface area contributed by atoms with Crippen molar-refractivity contribution in [3.63, 3.8) is 0 Å². The maximum absolute atomic E-state index is 12.4. The molecule has 1 saturated carbocycles. The molecule has 3 atom stereocenters. The van der Waals surface area contributed by atoms with E-state index >= 15 is 0 Å². The third-order valence-corrected chi connectivity index (χ3v) is 7.17. The van der Waals surface area contributed by atoms with E-state index in [1.54, 1.807) is 0 Å². The van der Waals surface area contributed by atoms with Crippen molar-refractivity contribution in [1.29, 1.82) is 0 Å². The molecule has 1 aromatic rings. The quantitative estimate of drug-likeness (QED) is 0.803. The smallest absolute Gasteiger partial charge is 0.229 e. The van der Waals surface area contributed by atoms with Gasteiger partial charge in [0.2, 0.25) is 11.8 Å². The average molecular weight is 373 g/mol. The molecule has 3 unspecified atom stereocenters. The molecular weight excluding hydrogens is 342 g/mol. The summed E-state index contributed by atoms with van der Waals surface area (Å²) in [4.78, 5) is 19.3. The van der Waals surface area contributed by atoms with Gasteiger partial charge in [-0.2, -0.15) is 4.98 Å². The minimum absolute atomic E-state index is 0.223. The summed E-state index contributed by atoms with van der Waals surface area (Å²) in [7, 11) is 0. The molecule has 27 heavy (non-hydrogen) atoms. The first-order chi connectivity index (χ1) is 13.2. The lowest BCUT2D eigenvalue weighted by molar-refractivity contribution is -0.134. The van der Waals surface area contributed by atoms with E-state index in [0.29, 0.717) is 36.4 Å². The highest BCUT2D eigenvalue weighted by Gasteiger charge is 2.39. The molecule has 5 rings (SSSR count). The van der Waals surface area contributed by atoms with Gasteiger partial charge < -0.3 is 14.2 Å². The number of amides is 1. The van der Waals surface area contributed by atoms with Crippen LogP contribution in [0.25, 0.3) is 0 Å². The fraction of sp³-hybridized carbons (Fsp3) is 0.857. The monoisotopic (exact) mass is 373 g/mol. The number of fused-ring (bicyclic) bond motifs is 2. The number of hydrogen-bond acceptors (Lipinski definition) is 5. The van der Waals surface area contributed by atoms with Gasteiger partial charge in [-0.15, -0.1) is 0 Å². The highest BCUT2D eigenvalue weighted by atomic mass is 16.5. The zero-order valence-corrected chi connectivity index (χ0v) is 16.1. The zero-order chi connectivity index (χ0) is 18.2. The molecule has 148 valence electrons. The highest BCUT2D eigenvalue weighted by Crippen LogP contribution is 2.41. The van der Waals surface area contributed by atoms with Crippen LogP contribution in [0.15, 0.2) is 4.52 Å². The third-order valence-electron chi connectivity index (χ3n) is 7.17. The highest BCUT2D eigenvalue weighted by molar-refractivity contribution is 5.77. The third kappa shape index (κ3) is 3.78. The summed E-state index contributed by atoms with van der Waals surface area (Å²) >= 11 is 0. The standard InChI is InChI=1S/C21H31N3O3/c25-19-9-6-15(13-24(19)12-14-4-2-1-3-5-14)20-22-21(27-23-20)16-10-17-7-8-18(11-16)26-17/h14-18H,1-13H2. The summed E-state index contributed by atoms with van der Waals surface area (Å²) in [6.45, 7) is 1.68. The number of carbonyl (C=O) groups excluding carboxylic acids is 1. The van der Waals surface area contributed by atoms with E-state index < -0.39 is 0 Å². The molecule has 6 heteroatoms. The first-order valence-electron chi connectivity index (χ1n) is 11.0. The van der Waals surface area contributed by atoms with Crippen molar-refractivity contribution < 1.29 is 14.1 Å². The molecule has 4 heterocycles. The van der Waals surface area contributed by atoms with Gasteiger partial charge in [0.05, 0.1) is 12.2 Å². The van der Waals surface area contributed by atoms with E-state index in [4.69, 9.17) is 14.2 Å². The lowest BCUT2D eigenvalue weighted by Crippen LogP contribution is -2.42. The molecule has 2 bridgehead atoms. The fourth-order valence-corrected chi connectivity index (χ4v) is 5.62. The van der Waals surface area contributed by atoms with Gasteiger partial charge in [0.1, 0.15) is 0 Å². The Kier molecular flexibility index (Phi) is 4.92. The normalized spacial score (nSPS) is 35.0. The largest absolute Gasteiger partial charge is 0.375 e. The Morgan fingerprint density at radius 1 is 0.963 bits per heavy atom. The predicted molar refractivity (Wildman–Crippen MR) is 99.3 cm³/mol. The van der Waals surface area contributed by atoms with Crippen LogP contribution in [-0.2, 0) is 9.53 Å². The summed E-state index contributed by atoms with van der Waals surface area (Å²) in [5.41, 5.74) is 0. The molecule has 0 aromatic carbocycles. The number of aromatic nitrogens is 2. The Bertz CT molecular complexity index is 657. The molecular formula is C21H31N3O3. The second kappa shape index (κ2) is 7.53. The van der Waals surface area contributed by atoms with Gasteiger partial charge in [0.25, 0.3) is 0 Å². The Morgan fingerprint density at radius 2 is 1.74 bits per heavy atom. The number of hydrogen-bond donors (Lipinski definition) is 0. The lowest BCUT2D eigenvalue weighted by Gasteiger charge is -2.35. The van der Waals surface area contributed by atoms with Gasteiger partial charge in [0, 0.05) is 31.3 Å². The van der Waals surface area contributed by atoms with Crippen LogP contribution in [0.3, 0.4) is 0 Å². The van der Waals surface area contributed by atoms with Gasteiger partial charge in [-0.25, -0.2) is 0 Å². The molecule has 0 spiro atoms.